The number of carbonyl (C=O) groups is 1. The van der Waals surface area contributed by atoms with Crippen LogP contribution >= 0.6 is 0 Å². The zero-order valence-electron chi connectivity index (χ0n) is 17.6. The van der Waals surface area contributed by atoms with Gasteiger partial charge in [-0.1, -0.05) is 18.1 Å². The van der Waals surface area contributed by atoms with E-state index in [4.69, 9.17) is 4.74 Å². The quantitative estimate of drug-likeness (QED) is 0.717. The molecule has 0 unspecified atom stereocenters. The van der Waals surface area contributed by atoms with Crippen LogP contribution in [0, 0.1) is 11.7 Å². The molecule has 1 aliphatic heterocycles. The highest BCUT2D eigenvalue weighted by Crippen LogP contribution is 2.48. The van der Waals surface area contributed by atoms with Crippen LogP contribution in [0.1, 0.15) is 49.8 Å². The standard InChI is InChI=1S/C24H28FN3O2/c1-15-21-13-26-28(18-8-6-17(25)7-9-18)22(21)12-16-5-10-20(23(15)16)24(29)27-11-3-4-19(27)14-30-2/h6-9,13,15,19-20H,3-5,10-12,14H2,1-2H3/t15-,19+,20+/m0/s1. The number of allylic oxidation sites excluding steroid dienone is 1. The van der Waals surface area contributed by atoms with Crippen LogP contribution in [0.4, 0.5) is 4.39 Å². The minimum Gasteiger partial charge on any atom is -0.383 e. The van der Waals surface area contributed by atoms with Crippen molar-refractivity contribution in [2.24, 2.45) is 5.92 Å². The van der Waals surface area contributed by atoms with Gasteiger partial charge in [0.2, 0.25) is 5.91 Å². The molecule has 1 saturated heterocycles. The topological polar surface area (TPSA) is 47.4 Å². The molecule has 0 N–H and O–H groups in total. The van der Waals surface area contributed by atoms with Gasteiger partial charge in [-0.05, 0) is 49.9 Å². The van der Waals surface area contributed by atoms with E-state index in [1.165, 1.54) is 34.5 Å². The van der Waals surface area contributed by atoms with Crippen molar-refractivity contribution in [3.8, 4) is 5.69 Å². The molecule has 3 atom stereocenters. The molecule has 2 heterocycles. The first kappa shape index (κ1) is 19.5. The van der Waals surface area contributed by atoms with Gasteiger partial charge in [0.05, 0.1) is 36.1 Å². The van der Waals surface area contributed by atoms with Gasteiger partial charge < -0.3 is 9.64 Å². The number of hydrogen-bond donors (Lipinski definition) is 0. The second-order valence-corrected chi connectivity index (χ2v) is 8.77. The third-order valence-corrected chi connectivity index (χ3v) is 7.12. The molecule has 1 amide bonds. The number of ether oxygens (including phenoxy) is 1. The summed E-state index contributed by atoms with van der Waals surface area (Å²) in [5, 5.41) is 4.61. The van der Waals surface area contributed by atoms with Crippen molar-refractivity contribution in [2.45, 2.75) is 51.0 Å². The molecule has 5 rings (SSSR count). The first-order valence-corrected chi connectivity index (χ1v) is 10.9. The van der Waals surface area contributed by atoms with Gasteiger partial charge in [0, 0.05) is 31.6 Å². The molecule has 5 nitrogen and oxygen atoms in total. The number of halogens is 1. The fraction of sp³-hybridized carbons (Fsp3) is 0.500. The van der Waals surface area contributed by atoms with Crippen molar-refractivity contribution in [3.05, 3.63) is 58.7 Å². The molecular weight excluding hydrogens is 381 g/mol. The van der Waals surface area contributed by atoms with Crippen molar-refractivity contribution in [1.82, 2.24) is 14.7 Å². The van der Waals surface area contributed by atoms with Crippen LogP contribution in [-0.2, 0) is 16.0 Å². The van der Waals surface area contributed by atoms with Gasteiger partial charge in [0.1, 0.15) is 5.82 Å². The number of rotatable bonds is 4. The lowest BCUT2D eigenvalue weighted by Crippen LogP contribution is -2.42. The van der Waals surface area contributed by atoms with E-state index in [1.54, 1.807) is 19.2 Å². The highest BCUT2D eigenvalue weighted by atomic mass is 19.1. The second-order valence-electron chi connectivity index (χ2n) is 8.77. The molecule has 2 aromatic rings. The van der Waals surface area contributed by atoms with Crippen molar-refractivity contribution < 1.29 is 13.9 Å². The van der Waals surface area contributed by atoms with E-state index in [1.807, 2.05) is 10.9 Å². The summed E-state index contributed by atoms with van der Waals surface area (Å²) in [6.45, 7) is 3.66. The van der Waals surface area contributed by atoms with E-state index in [0.717, 1.165) is 44.3 Å². The average Bonchev–Trinajstić information content (AvgIpc) is 3.47. The van der Waals surface area contributed by atoms with Crippen molar-refractivity contribution in [1.29, 1.82) is 0 Å². The van der Waals surface area contributed by atoms with Crippen LogP contribution in [0.2, 0.25) is 0 Å². The predicted octanol–water partition coefficient (Wildman–Crippen LogP) is 4.02. The van der Waals surface area contributed by atoms with E-state index < -0.39 is 0 Å². The maximum atomic E-state index is 13.5. The van der Waals surface area contributed by atoms with Gasteiger partial charge in [-0.2, -0.15) is 5.10 Å². The lowest BCUT2D eigenvalue weighted by atomic mass is 9.79. The van der Waals surface area contributed by atoms with E-state index in [2.05, 4.69) is 16.9 Å². The Hall–Kier alpha value is -2.47. The molecule has 158 valence electrons. The fourth-order valence-electron chi connectivity index (χ4n) is 5.71. The summed E-state index contributed by atoms with van der Waals surface area (Å²) >= 11 is 0. The fourth-order valence-corrected chi connectivity index (χ4v) is 5.71. The number of methoxy groups -OCH3 is 1. The van der Waals surface area contributed by atoms with Crippen molar-refractivity contribution >= 4 is 5.91 Å². The number of hydrogen-bond acceptors (Lipinski definition) is 3. The zero-order valence-corrected chi connectivity index (χ0v) is 17.6. The minimum absolute atomic E-state index is 0.0187. The maximum absolute atomic E-state index is 13.5. The Bertz CT molecular complexity index is 994. The molecule has 0 spiro atoms. The Labute approximate surface area is 176 Å². The van der Waals surface area contributed by atoms with Crippen LogP contribution in [-0.4, -0.2) is 46.9 Å². The Kier molecular flexibility index (Phi) is 4.97. The van der Waals surface area contributed by atoms with Crippen LogP contribution in [0.5, 0.6) is 0 Å². The summed E-state index contributed by atoms with van der Waals surface area (Å²) in [5.41, 5.74) is 5.93. The number of fused-ring (bicyclic) bond motifs is 1. The highest BCUT2D eigenvalue weighted by molar-refractivity contribution is 5.84. The van der Waals surface area contributed by atoms with Gasteiger partial charge in [-0.3, -0.25) is 4.79 Å². The summed E-state index contributed by atoms with van der Waals surface area (Å²) in [4.78, 5) is 15.5. The minimum atomic E-state index is -0.246. The number of likely N-dealkylation sites (tertiary alicyclic amines) is 1. The molecular formula is C24H28FN3O2. The van der Waals surface area contributed by atoms with Gasteiger partial charge in [0.25, 0.3) is 0 Å². The normalized spacial score (nSPS) is 25.6. The van der Waals surface area contributed by atoms with Crippen molar-refractivity contribution in [3.63, 3.8) is 0 Å². The van der Waals surface area contributed by atoms with E-state index in [-0.39, 0.29) is 29.6 Å². The van der Waals surface area contributed by atoms with E-state index in [0.29, 0.717) is 6.61 Å². The smallest absolute Gasteiger partial charge is 0.230 e. The summed E-state index contributed by atoms with van der Waals surface area (Å²) in [6, 6.07) is 6.68. The van der Waals surface area contributed by atoms with Crippen LogP contribution in [0.15, 0.2) is 41.6 Å². The lowest BCUT2D eigenvalue weighted by molar-refractivity contribution is -0.136. The SMILES string of the molecule is COC[C@H]1CCCN1C(=O)[C@@H]1CCC2=C1[C@@H](C)c1cnn(-c3ccc(F)cc3)c1C2. The Balaban J connectivity index is 1.43. The Morgan fingerprint density at radius 1 is 1.27 bits per heavy atom. The van der Waals surface area contributed by atoms with Crippen molar-refractivity contribution in [2.75, 3.05) is 20.3 Å². The van der Waals surface area contributed by atoms with Crippen LogP contribution in [0.3, 0.4) is 0 Å². The molecule has 2 aliphatic carbocycles. The molecule has 1 aromatic heterocycles. The summed E-state index contributed by atoms with van der Waals surface area (Å²) < 4.78 is 20.6. The molecule has 0 radical (unpaired) electrons. The summed E-state index contributed by atoms with van der Waals surface area (Å²) in [7, 11) is 1.71. The van der Waals surface area contributed by atoms with E-state index >= 15 is 0 Å². The van der Waals surface area contributed by atoms with E-state index in [9.17, 15) is 9.18 Å². The van der Waals surface area contributed by atoms with Gasteiger partial charge in [-0.15, -0.1) is 0 Å². The van der Waals surface area contributed by atoms with Gasteiger partial charge in [0.15, 0.2) is 0 Å². The highest BCUT2D eigenvalue weighted by Gasteiger charge is 2.42. The van der Waals surface area contributed by atoms with Gasteiger partial charge in [-0.25, -0.2) is 9.07 Å². The number of nitrogens with zero attached hydrogens (tertiary/aromatic N) is 3. The molecule has 1 aromatic carbocycles. The summed E-state index contributed by atoms with van der Waals surface area (Å²) in [5.74, 6) is 0.192. The van der Waals surface area contributed by atoms with Crippen LogP contribution in [0.25, 0.3) is 5.69 Å². The lowest BCUT2D eigenvalue weighted by Gasteiger charge is -2.31. The van der Waals surface area contributed by atoms with Crippen LogP contribution < -0.4 is 0 Å². The average molecular weight is 410 g/mol. The predicted molar refractivity (Wildman–Crippen MR) is 112 cm³/mol. The number of amides is 1. The number of aromatic nitrogens is 2. The summed E-state index contributed by atoms with van der Waals surface area (Å²) in [6.07, 6.45) is 6.70. The Morgan fingerprint density at radius 3 is 2.83 bits per heavy atom. The molecule has 30 heavy (non-hydrogen) atoms. The molecule has 3 aliphatic rings. The maximum Gasteiger partial charge on any atom is 0.230 e. The first-order chi connectivity index (χ1) is 14.6. The molecule has 6 heteroatoms. The molecule has 0 bridgehead atoms. The molecule has 1 fully saturated rings. The zero-order chi connectivity index (χ0) is 20.8. The third kappa shape index (κ3) is 3.09. The first-order valence-electron chi connectivity index (χ1n) is 10.9. The second kappa shape index (κ2) is 7.65. The monoisotopic (exact) mass is 409 g/mol. The Morgan fingerprint density at radius 2 is 2.07 bits per heavy atom. The molecule has 0 saturated carbocycles. The largest absolute Gasteiger partial charge is 0.383 e. The third-order valence-electron chi connectivity index (χ3n) is 7.12. The number of carbonyl (C=O) groups excluding carboxylic acids is 1. The van der Waals surface area contributed by atoms with Gasteiger partial charge >= 0.3 is 0 Å². The number of benzene rings is 1.